The van der Waals surface area contributed by atoms with E-state index in [1.54, 1.807) is 0 Å². The average Bonchev–Trinajstić information content (AvgIpc) is 2.47. The van der Waals surface area contributed by atoms with E-state index in [1.807, 2.05) is 11.6 Å². The highest BCUT2D eigenvalue weighted by Gasteiger charge is 2.10. The van der Waals surface area contributed by atoms with Crippen LogP contribution in [0.3, 0.4) is 0 Å². The van der Waals surface area contributed by atoms with Gasteiger partial charge in [-0.3, -0.25) is 0 Å². The fourth-order valence-corrected chi connectivity index (χ4v) is 1.54. The molecular weight excluding hydrogens is 188 g/mol. The third-order valence-corrected chi connectivity index (χ3v) is 2.43. The molecule has 4 nitrogen and oxygen atoms in total. The number of nitrogen functional groups attached to an aromatic ring is 1. The van der Waals surface area contributed by atoms with Crippen molar-refractivity contribution in [1.82, 2.24) is 9.78 Å². The minimum atomic E-state index is 0.791. The van der Waals surface area contributed by atoms with E-state index in [2.05, 4.69) is 24.3 Å². The van der Waals surface area contributed by atoms with Crippen molar-refractivity contribution >= 4 is 11.5 Å². The molecule has 0 amide bonds. The second kappa shape index (κ2) is 5.63. The molecule has 0 saturated carbocycles. The number of nitrogens with zero attached hydrogens (tertiary/aromatic N) is 2. The minimum absolute atomic E-state index is 0.791. The molecule has 0 unspecified atom stereocenters. The van der Waals surface area contributed by atoms with Gasteiger partial charge >= 0.3 is 0 Å². The third-order valence-electron chi connectivity index (χ3n) is 2.43. The van der Waals surface area contributed by atoms with Gasteiger partial charge < -0.3 is 11.1 Å². The molecule has 15 heavy (non-hydrogen) atoms. The van der Waals surface area contributed by atoms with Crippen LogP contribution in [0.1, 0.15) is 38.8 Å². The molecule has 0 spiro atoms. The molecular formula is C11H22N4. The fraction of sp³-hybridized carbons (Fsp3) is 0.727. The van der Waals surface area contributed by atoms with Crippen molar-refractivity contribution in [2.24, 2.45) is 0 Å². The molecule has 86 valence electrons. The number of rotatable bonds is 6. The predicted octanol–water partition coefficient (Wildman–Crippen LogP) is 2.40. The molecule has 0 atom stereocenters. The van der Waals surface area contributed by atoms with Gasteiger partial charge in [0.2, 0.25) is 0 Å². The lowest BCUT2D eigenvalue weighted by molar-refractivity contribution is 0.602. The Hall–Kier alpha value is -1.19. The molecule has 1 rings (SSSR count). The smallest absolute Gasteiger partial charge is 0.148 e. The predicted molar refractivity (Wildman–Crippen MR) is 65.1 cm³/mol. The number of unbranched alkanes of at least 4 members (excludes halogenated alkanes) is 1. The topological polar surface area (TPSA) is 55.9 Å². The number of anilines is 2. The summed E-state index contributed by atoms with van der Waals surface area (Å²) in [6.07, 6.45) is 3.42. The highest BCUT2D eigenvalue weighted by Crippen LogP contribution is 2.22. The first kappa shape index (κ1) is 11.9. The first-order chi connectivity index (χ1) is 7.20. The number of hydrogen-bond donors (Lipinski definition) is 2. The quantitative estimate of drug-likeness (QED) is 0.709. The van der Waals surface area contributed by atoms with Crippen molar-refractivity contribution in [3.8, 4) is 0 Å². The van der Waals surface area contributed by atoms with E-state index < -0.39 is 0 Å². The third kappa shape index (κ3) is 2.88. The van der Waals surface area contributed by atoms with Crippen LogP contribution in [0, 0.1) is 6.92 Å². The van der Waals surface area contributed by atoms with E-state index in [0.717, 1.165) is 43.1 Å². The summed E-state index contributed by atoms with van der Waals surface area (Å²) in [4.78, 5) is 0. The van der Waals surface area contributed by atoms with Crippen molar-refractivity contribution < 1.29 is 0 Å². The number of aryl methyl sites for hydroxylation is 2. The summed E-state index contributed by atoms with van der Waals surface area (Å²) in [6, 6.07) is 0. The summed E-state index contributed by atoms with van der Waals surface area (Å²) in [6.45, 7) is 8.16. The minimum Gasteiger partial charge on any atom is -0.394 e. The van der Waals surface area contributed by atoms with Crippen molar-refractivity contribution in [2.75, 3.05) is 17.6 Å². The second-order valence-corrected chi connectivity index (χ2v) is 3.85. The Balaban J connectivity index is 2.73. The molecule has 0 bridgehead atoms. The van der Waals surface area contributed by atoms with Gasteiger partial charge in [-0.25, -0.2) is 4.68 Å². The van der Waals surface area contributed by atoms with Crippen LogP contribution in [0.15, 0.2) is 0 Å². The normalized spacial score (nSPS) is 10.6. The van der Waals surface area contributed by atoms with Crippen LogP contribution >= 0.6 is 0 Å². The highest BCUT2D eigenvalue weighted by molar-refractivity contribution is 5.64. The number of hydrogen-bond acceptors (Lipinski definition) is 3. The lowest BCUT2D eigenvalue weighted by Crippen LogP contribution is -2.10. The van der Waals surface area contributed by atoms with Crippen LogP contribution in [0.25, 0.3) is 0 Å². The molecule has 0 aliphatic rings. The van der Waals surface area contributed by atoms with Crippen molar-refractivity contribution in [1.29, 1.82) is 0 Å². The molecule has 1 heterocycles. The van der Waals surface area contributed by atoms with Crippen LogP contribution in [-0.2, 0) is 6.54 Å². The Bertz CT molecular complexity index is 304. The largest absolute Gasteiger partial charge is 0.394 e. The molecule has 1 aromatic rings. The van der Waals surface area contributed by atoms with E-state index in [-0.39, 0.29) is 0 Å². The van der Waals surface area contributed by atoms with Crippen LogP contribution in [-0.4, -0.2) is 16.3 Å². The maximum Gasteiger partial charge on any atom is 0.148 e. The molecule has 3 N–H and O–H groups in total. The summed E-state index contributed by atoms with van der Waals surface area (Å²) in [5.74, 6) is 0.989. The van der Waals surface area contributed by atoms with Gasteiger partial charge in [-0.05, 0) is 19.8 Å². The molecule has 0 aromatic carbocycles. The van der Waals surface area contributed by atoms with Gasteiger partial charge in [-0.2, -0.15) is 5.10 Å². The van der Waals surface area contributed by atoms with E-state index >= 15 is 0 Å². The van der Waals surface area contributed by atoms with E-state index in [9.17, 15) is 0 Å². The standard InChI is InChI=1S/C11H22N4/c1-4-6-7-13-11-10(12)9(3)14-15(11)8-5-2/h13H,4-8,12H2,1-3H3. The summed E-state index contributed by atoms with van der Waals surface area (Å²) >= 11 is 0. The van der Waals surface area contributed by atoms with Crippen LogP contribution in [0.4, 0.5) is 11.5 Å². The lowest BCUT2D eigenvalue weighted by atomic mass is 10.3. The van der Waals surface area contributed by atoms with Crippen molar-refractivity contribution in [3.63, 3.8) is 0 Å². The molecule has 0 aliphatic carbocycles. The maximum atomic E-state index is 5.97. The number of nitrogens with two attached hydrogens (primary N) is 1. The van der Waals surface area contributed by atoms with Crippen LogP contribution in [0.5, 0.6) is 0 Å². The SMILES string of the molecule is CCCCNc1c(N)c(C)nn1CCC. The van der Waals surface area contributed by atoms with Crippen LogP contribution in [0.2, 0.25) is 0 Å². The Kier molecular flexibility index (Phi) is 4.46. The van der Waals surface area contributed by atoms with Gasteiger partial charge in [-0.1, -0.05) is 20.3 Å². The van der Waals surface area contributed by atoms with E-state index in [4.69, 9.17) is 5.73 Å². The Morgan fingerprint density at radius 3 is 2.67 bits per heavy atom. The summed E-state index contributed by atoms with van der Waals surface area (Å²) < 4.78 is 1.97. The average molecular weight is 210 g/mol. The molecule has 0 aliphatic heterocycles. The Morgan fingerprint density at radius 1 is 1.33 bits per heavy atom. The number of nitrogens with one attached hydrogen (secondary N) is 1. The van der Waals surface area contributed by atoms with E-state index in [0.29, 0.717) is 0 Å². The first-order valence-electron chi connectivity index (χ1n) is 5.77. The van der Waals surface area contributed by atoms with Gasteiger partial charge in [0.1, 0.15) is 5.82 Å². The van der Waals surface area contributed by atoms with Gasteiger partial charge in [0.15, 0.2) is 0 Å². The highest BCUT2D eigenvalue weighted by atomic mass is 15.3. The van der Waals surface area contributed by atoms with Crippen molar-refractivity contribution in [3.05, 3.63) is 5.69 Å². The summed E-state index contributed by atoms with van der Waals surface area (Å²) in [5, 5.41) is 7.77. The Labute approximate surface area is 91.8 Å². The van der Waals surface area contributed by atoms with Gasteiger partial charge in [0, 0.05) is 13.1 Å². The zero-order valence-corrected chi connectivity index (χ0v) is 10.0. The van der Waals surface area contributed by atoms with Crippen molar-refractivity contribution in [2.45, 2.75) is 46.6 Å². The second-order valence-electron chi connectivity index (χ2n) is 3.85. The monoisotopic (exact) mass is 210 g/mol. The van der Waals surface area contributed by atoms with Crippen LogP contribution < -0.4 is 11.1 Å². The van der Waals surface area contributed by atoms with Gasteiger partial charge in [-0.15, -0.1) is 0 Å². The fourth-order valence-electron chi connectivity index (χ4n) is 1.54. The molecule has 0 radical (unpaired) electrons. The summed E-state index contributed by atoms with van der Waals surface area (Å²) in [5.41, 5.74) is 7.68. The molecule has 4 heteroatoms. The van der Waals surface area contributed by atoms with E-state index in [1.165, 1.54) is 6.42 Å². The Morgan fingerprint density at radius 2 is 2.07 bits per heavy atom. The lowest BCUT2D eigenvalue weighted by Gasteiger charge is -2.09. The first-order valence-corrected chi connectivity index (χ1v) is 5.77. The zero-order chi connectivity index (χ0) is 11.3. The van der Waals surface area contributed by atoms with Gasteiger partial charge in [0.05, 0.1) is 11.4 Å². The van der Waals surface area contributed by atoms with Gasteiger partial charge in [0.25, 0.3) is 0 Å². The molecule has 0 fully saturated rings. The number of aromatic nitrogens is 2. The molecule has 1 aromatic heterocycles. The zero-order valence-electron chi connectivity index (χ0n) is 10.0. The maximum absolute atomic E-state index is 5.97. The summed E-state index contributed by atoms with van der Waals surface area (Å²) in [7, 11) is 0. The molecule has 0 saturated heterocycles.